The molecule has 21 heavy (non-hydrogen) atoms. The number of aryl methyl sites for hydroxylation is 1. The molecule has 0 fully saturated rings. The highest BCUT2D eigenvalue weighted by molar-refractivity contribution is 9.10. The predicted molar refractivity (Wildman–Crippen MR) is 90.9 cm³/mol. The van der Waals surface area contributed by atoms with Crippen LogP contribution in [0, 0.1) is 6.92 Å². The zero-order valence-corrected chi connectivity index (χ0v) is 13.6. The van der Waals surface area contributed by atoms with Crippen molar-refractivity contribution in [2.24, 2.45) is 0 Å². The molecule has 3 N–H and O–H groups in total. The summed E-state index contributed by atoms with van der Waals surface area (Å²) >= 11 is 4.80. The minimum absolute atomic E-state index is 0.175. The summed E-state index contributed by atoms with van der Waals surface area (Å²) in [6, 6.07) is 11.1. The summed E-state index contributed by atoms with van der Waals surface area (Å²) in [7, 11) is 0. The Balaban J connectivity index is 1.88. The number of nitrogens with one attached hydrogen (secondary N) is 1. The van der Waals surface area contributed by atoms with Gasteiger partial charge in [0.25, 0.3) is 5.91 Å². The van der Waals surface area contributed by atoms with E-state index in [-0.39, 0.29) is 5.91 Å². The number of rotatable bonds is 2. The average molecular weight is 362 g/mol. The molecular formula is C15H12BrN3OS. The van der Waals surface area contributed by atoms with Gasteiger partial charge in [-0.2, -0.15) is 0 Å². The third kappa shape index (κ3) is 3.06. The fraction of sp³-hybridized carbons (Fsp3) is 0.0667. The van der Waals surface area contributed by atoms with Crippen molar-refractivity contribution in [2.45, 2.75) is 6.92 Å². The van der Waals surface area contributed by atoms with E-state index in [9.17, 15) is 4.79 Å². The number of carbonyl (C=O) groups is 1. The first-order chi connectivity index (χ1) is 10.0. The Morgan fingerprint density at radius 3 is 2.86 bits per heavy atom. The zero-order valence-electron chi connectivity index (χ0n) is 11.2. The van der Waals surface area contributed by atoms with Crippen LogP contribution in [0.2, 0.25) is 0 Å². The Hall–Kier alpha value is -1.92. The summed E-state index contributed by atoms with van der Waals surface area (Å²) in [6.07, 6.45) is 0. The Labute approximate surface area is 134 Å². The first-order valence-corrected chi connectivity index (χ1v) is 7.87. The van der Waals surface area contributed by atoms with Crippen molar-refractivity contribution < 1.29 is 4.79 Å². The number of amides is 1. The van der Waals surface area contributed by atoms with Gasteiger partial charge in [0.1, 0.15) is 0 Å². The van der Waals surface area contributed by atoms with Gasteiger partial charge in [-0.25, -0.2) is 4.98 Å². The number of anilines is 2. The fourth-order valence-corrected chi connectivity index (χ4v) is 3.55. The van der Waals surface area contributed by atoms with Crippen LogP contribution in [-0.4, -0.2) is 10.9 Å². The summed E-state index contributed by atoms with van der Waals surface area (Å²) in [4.78, 5) is 16.7. The fourth-order valence-electron chi connectivity index (χ4n) is 2.03. The van der Waals surface area contributed by atoms with Crippen molar-refractivity contribution in [1.82, 2.24) is 4.98 Å². The second-order valence-electron chi connectivity index (χ2n) is 4.72. The average Bonchev–Trinajstić information content (AvgIpc) is 2.78. The van der Waals surface area contributed by atoms with Crippen molar-refractivity contribution in [3.05, 3.63) is 52.0 Å². The molecule has 0 atom stereocenters. The van der Waals surface area contributed by atoms with Gasteiger partial charge in [-0.05, 0) is 48.9 Å². The first kappa shape index (κ1) is 14.0. The number of hydrogen-bond donors (Lipinski definition) is 2. The van der Waals surface area contributed by atoms with Crippen LogP contribution in [0.3, 0.4) is 0 Å². The van der Waals surface area contributed by atoms with Gasteiger partial charge in [0.15, 0.2) is 5.13 Å². The Bertz CT molecular complexity index is 824. The molecule has 0 radical (unpaired) electrons. The van der Waals surface area contributed by atoms with Crippen molar-refractivity contribution in [2.75, 3.05) is 11.1 Å². The van der Waals surface area contributed by atoms with E-state index < -0.39 is 0 Å². The number of fused-ring (bicyclic) bond motifs is 1. The minimum atomic E-state index is -0.175. The normalized spacial score (nSPS) is 10.8. The molecule has 1 amide bonds. The van der Waals surface area contributed by atoms with E-state index in [1.54, 1.807) is 12.1 Å². The number of hydrogen-bond acceptors (Lipinski definition) is 4. The lowest BCUT2D eigenvalue weighted by molar-refractivity contribution is 0.102. The quantitative estimate of drug-likeness (QED) is 0.672. The Morgan fingerprint density at radius 1 is 1.29 bits per heavy atom. The summed E-state index contributed by atoms with van der Waals surface area (Å²) in [5.74, 6) is -0.175. The maximum Gasteiger partial charge on any atom is 0.257 e. The van der Waals surface area contributed by atoms with Crippen LogP contribution in [0.4, 0.5) is 10.8 Å². The molecule has 0 saturated heterocycles. The van der Waals surface area contributed by atoms with Gasteiger partial charge in [0.2, 0.25) is 0 Å². The van der Waals surface area contributed by atoms with E-state index in [2.05, 4.69) is 26.2 Å². The molecule has 0 aliphatic rings. The number of nitrogens with two attached hydrogens (primary N) is 1. The second kappa shape index (κ2) is 5.46. The van der Waals surface area contributed by atoms with E-state index in [4.69, 9.17) is 5.73 Å². The van der Waals surface area contributed by atoms with Crippen LogP contribution >= 0.6 is 27.3 Å². The van der Waals surface area contributed by atoms with Crippen molar-refractivity contribution in [3.8, 4) is 0 Å². The van der Waals surface area contributed by atoms with Crippen LogP contribution in [0.15, 0.2) is 40.9 Å². The summed E-state index contributed by atoms with van der Waals surface area (Å²) < 4.78 is 1.83. The van der Waals surface area contributed by atoms with Gasteiger partial charge >= 0.3 is 0 Å². The predicted octanol–water partition coefficient (Wildman–Crippen LogP) is 4.20. The number of benzene rings is 2. The monoisotopic (exact) mass is 361 g/mol. The lowest BCUT2D eigenvalue weighted by Crippen LogP contribution is -2.11. The number of nitrogen functional groups attached to an aromatic ring is 1. The topological polar surface area (TPSA) is 68.0 Å². The van der Waals surface area contributed by atoms with Gasteiger partial charge in [-0.3, -0.25) is 10.1 Å². The van der Waals surface area contributed by atoms with Crippen molar-refractivity contribution in [3.63, 3.8) is 0 Å². The van der Waals surface area contributed by atoms with Gasteiger partial charge in [0, 0.05) is 15.7 Å². The van der Waals surface area contributed by atoms with Gasteiger partial charge < -0.3 is 5.73 Å². The molecular weight excluding hydrogens is 350 g/mol. The van der Waals surface area contributed by atoms with Gasteiger partial charge in [-0.1, -0.05) is 27.3 Å². The summed E-state index contributed by atoms with van der Waals surface area (Å²) in [5.41, 5.74) is 8.88. The molecule has 0 aliphatic heterocycles. The van der Waals surface area contributed by atoms with E-state index >= 15 is 0 Å². The Morgan fingerprint density at radius 2 is 2.10 bits per heavy atom. The molecule has 3 rings (SSSR count). The number of aromatic nitrogens is 1. The first-order valence-electron chi connectivity index (χ1n) is 6.26. The number of thiazole rings is 1. The molecule has 0 saturated carbocycles. The molecule has 0 unspecified atom stereocenters. The molecule has 1 heterocycles. The van der Waals surface area contributed by atoms with Crippen LogP contribution in [-0.2, 0) is 0 Å². The van der Waals surface area contributed by atoms with E-state index in [0.29, 0.717) is 16.4 Å². The van der Waals surface area contributed by atoms with Crippen LogP contribution in [0.5, 0.6) is 0 Å². The third-order valence-electron chi connectivity index (χ3n) is 2.94. The Kier molecular flexibility index (Phi) is 3.65. The lowest BCUT2D eigenvalue weighted by atomic mass is 10.1. The maximum atomic E-state index is 12.3. The lowest BCUT2D eigenvalue weighted by Gasteiger charge is -2.03. The minimum Gasteiger partial charge on any atom is -0.399 e. The van der Waals surface area contributed by atoms with E-state index in [0.717, 1.165) is 20.3 Å². The van der Waals surface area contributed by atoms with Crippen LogP contribution in [0.25, 0.3) is 10.2 Å². The molecule has 0 spiro atoms. The molecule has 0 bridgehead atoms. The molecule has 1 aromatic heterocycles. The number of carbonyl (C=O) groups excluding carboxylic acids is 1. The largest absolute Gasteiger partial charge is 0.399 e. The van der Waals surface area contributed by atoms with Crippen LogP contribution in [0.1, 0.15) is 15.9 Å². The van der Waals surface area contributed by atoms with Crippen LogP contribution < -0.4 is 11.1 Å². The van der Waals surface area contributed by atoms with Gasteiger partial charge in [-0.15, -0.1) is 0 Å². The number of halogens is 1. The molecule has 3 aromatic rings. The standard InChI is InChI=1S/C15H12BrN3OS/c1-8-4-9(6-10(16)5-8)14(20)19-15-18-12-3-2-11(17)7-13(12)21-15/h2-7H,17H2,1H3,(H,18,19,20). The summed E-state index contributed by atoms with van der Waals surface area (Å²) in [5, 5.41) is 3.40. The molecule has 4 nitrogen and oxygen atoms in total. The second-order valence-corrected chi connectivity index (χ2v) is 6.66. The molecule has 106 valence electrons. The smallest absolute Gasteiger partial charge is 0.257 e. The zero-order chi connectivity index (χ0) is 15.0. The highest BCUT2D eigenvalue weighted by Gasteiger charge is 2.11. The highest BCUT2D eigenvalue weighted by Crippen LogP contribution is 2.28. The maximum absolute atomic E-state index is 12.3. The summed E-state index contributed by atoms with van der Waals surface area (Å²) in [6.45, 7) is 1.95. The number of nitrogens with zero attached hydrogens (tertiary/aromatic N) is 1. The SMILES string of the molecule is Cc1cc(Br)cc(C(=O)Nc2nc3ccc(N)cc3s2)c1. The highest BCUT2D eigenvalue weighted by atomic mass is 79.9. The molecule has 2 aromatic carbocycles. The van der Waals surface area contributed by atoms with Crippen molar-refractivity contribution >= 4 is 54.2 Å². The van der Waals surface area contributed by atoms with Gasteiger partial charge in [0.05, 0.1) is 10.2 Å². The van der Waals surface area contributed by atoms with E-state index in [1.165, 1.54) is 11.3 Å². The third-order valence-corrected chi connectivity index (χ3v) is 4.33. The van der Waals surface area contributed by atoms with E-state index in [1.807, 2.05) is 31.2 Å². The molecule has 0 aliphatic carbocycles. The molecule has 6 heteroatoms. The van der Waals surface area contributed by atoms with Crippen molar-refractivity contribution in [1.29, 1.82) is 0 Å².